The van der Waals surface area contributed by atoms with E-state index < -0.39 is 18.1 Å². The highest BCUT2D eigenvalue weighted by atomic mass is 16.6. The first kappa shape index (κ1) is 55.8. The Morgan fingerprint density at radius 3 is 1.32 bits per heavy atom. The van der Waals surface area contributed by atoms with Crippen LogP contribution in [0.3, 0.4) is 0 Å². The second-order valence-electron chi connectivity index (χ2n) is 16.6. The van der Waals surface area contributed by atoms with Crippen LogP contribution in [0.2, 0.25) is 0 Å². The van der Waals surface area contributed by atoms with Crippen LogP contribution in [0.15, 0.2) is 72.9 Å². The van der Waals surface area contributed by atoms with Crippen molar-refractivity contribution in [2.45, 2.75) is 193 Å². The van der Waals surface area contributed by atoms with Gasteiger partial charge in [-0.1, -0.05) is 157 Å². The molecular weight excluding hydrogens is 739 g/mol. The third kappa shape index (κ3) is 40.0. The molecule has 0 aromatic rings. The molecule has 0 aliphatic carbocycles. The van der Waals surface area contributed by atoms with Gasteiger partial charge in [0, 0.05) is 19.3 Å². The summed E-state index contributed by atoms with van der Waals surface area (Å²) in [4.78, 5) is 36.9. The molecule has 0 aliphatic heterocycles. The lowest BCUT2D eigenvalue weighted by atomic mass is 10.0. The summed E-state index contributed by atoms with van der Waals surface area (Å²) in [6.45, 7) is 4.41. The number of allylic oxidation sites excluding steroid dienone is 12. The fourth-order valence-electron chi connectivity index (χ4n) is 6.51. The SMILES string of the molecule is CC/C=C/C/C=C/C/C=C/CCCCCCCCCCCCCC(=O)OCC(COCCC(C(=O)[O-])[N+](C)(C)C)OC(=O)CCCCCC/C=C/C/C=C/C/C=C/CC. The Hall–Kier alpha value is -3.23. The van der Waals surface area contributed by atoms with Gasteiger partial charge in [-0.05, 0) is 77.0 Å². The van der Waals surface area contributed by atoms with E-state index in [9.17, 15) is 19.5 Å². The average Bonchev–Trinajstić information content (AvgIpc) is 3.19. The van der Waals surface area contributed by atoms with E-state index in [0.29, 0.717) is 12.8 Å². The highest BCUT2D eigenvalue weighted by molar-refractivity contribution is 5.70. The molecule has 0 amide bonds. The summed E-state index contributed by atoms with van der Waals surface area (Å²) >= 11 is 0. The number of carboxylic acids is 1. The van der Waals surface area contributed by atoms with E-state index in [1.165, 1.54) is 57.8 Å². The van der Waals surface area contributed by atoms with Crippen molar-refractivity contribution in [3.05, 3.63) is 72.9 Å². The topological polar surface area (TPSA) is 102 Å². The Labute approximate surface area is 361 Å². The molecule has 8 nitrogen and oxygen atoms in total. The zero-order chi connectivity index (χ0) is 43.5. The van der Waals surface area contributed by atoms with Crippen molar-refractivity contribution >= 4 is 17.9 Å². The number of aliphatic carboxylic acids is 1. The van der Waals surface area contributed by atoms with Crippen LogP contribution in [0.25, 0.3) is 0 Å². The molecule has 0 rings (SSSR count). The van der Waals surface area contributed by atoms with Gasteiger partial charge in [-0.15, -0.1) is 0 Å². The number of carboxylic acid groups (broad SMARTS) is 1. The summed E-state index contributed by atoms with van der Waals surface area (Å²) in [5.74, 6) is -1.77. The summed E-state index contributed by atoms with van der Waals surface area (Å²) in [5, 5.41) is 11.6. The molecule has 0 spiro atoms. The van der Waals surface area contributed by atoms with Crippen LogP contribution in [-0.4, -0.2) is 75.5 Å². The summed E-state index contributed by atoms with van der Waals surface area (Å²) in [6, 6.07) is -0.733. The predicted octanol–water partition coefficient (Wildman–Crippen LogP) is 11.8. The maximum absolute atomic E-state index is 12.7. The van der Waals surface area contributed by atoms with Crippen LogP contribution in [0, 0.1) is 0 Å². The summed E-state index contributed by atoms with van der Waals surface area (Å²) in [6.07, 6.45) is 52.2. The number of rotatable bonds is 41. The van der Waals surface area contributed by atoms with Gasteiger partial charge in [0.05, 0.1) is 40.3 Å². The van der Waals surface area contributed by atoms with Gasteiger partial charge in [0.15, 0.2) is 6.10 Å². The van der Waals surface area contributed by atoms with Crippen molar-refractivity contribution in [3.63, 3.8) is 0 Å². The zero-order valence-corrected chi connectivity index (χ0v) is 38.4. The maximum Gasteiger partial charge on any atom is 0.306 e. The number of quaternary nitrogens is 1. The summed E-state index contributed by atoms with van der Waals surface area (Å²) < 4.78 is 17.2. The van der Waals surface area contributed by atoms with Gasteiger partial charge in [0.1, 0.15) is 12.6 Å². The Morgan fingerprint density at radius 2 is 0.898 bits per heavy atom. The van der Waals surface area contributed by atoms with Crippen molar-refractivity contribution in [2.24, 2.45) is 0 Å². The van der Waals surface area contributed by atoms with Crippen LogP contribution in [-0.2, 0) is 28.6 Å². The van der Waals surface area contributed by atoms with Crippen LogP contribution in [0.5, 0.6) is 0 Å². The number of carbonyl (C=O) groups excluding carboxylic acids is 3. The normalized spacial score (nSPS) is 13.6. The highest BCUT2D eigenvalue weighted by Gasteiger charge is 2.25. The van der Waals surface area contributed by atoms with Gasteiger partial charge in [0.2, 0.25) is 0 Å². The van der Waals surface area contributed by atoms with Crippen LogP contribution < -0.4 is 5.11 Å². The smallest absolute Gasteiger partial charge is 0.306 e. The Morgan fingerprint density at radius 1 is 0.508 bits per heavy atom. The lowest BCUT2D eigenvalue weighted by Gasteiger charge is -2.34. The standard InChI is InChI=1S/C51H87NO7/c1-6-8-10-12-14-16-18-20-22-23-24-25-26-27-28-30-31-33-35-37-39-41-49(53)58-46-47(45-57-44-43-48(51(55)56)52(3,4)5)59-50(54)42-40-38-36-34-32-29-21-19-17-15-13-11-9-7-2/h8-11,14-17,20-22,29,47-48H,6-7,12-13,18-19,23-28,30-46H2,1-5H3/b10-8+,11-9+,16-14+,17-15+,22-20+,29-21+. The number of esters is 2. The first-order valence-electron chi connectivity index (χ1n) is 23.5. The molecule has 0 fully saturated rings. The number of ether oxygens (including phenoxy) is 3. The molecule has 2 atom stereocenters. The second-order valence-corrected chi connectivity index (χ2v) is 16.6. The summed E-state index contributed by atoms with van der Waals surface area (Å²) in [7, 11) is 5.39. The molecule has 0 radical (unpaired) electrons. The molecular formula is C51H87NO7. The minimum atomic E-state index is -1.13. The first-order chi connectivity index (χ1) is 28.6. The molecule has 2 unspecified atom stereocenters. The van der Waals surface area contributed by atoms with Gasteiger partial charge < -0.3 is 28.6 Å². The van der Waals surface area contributed by atoms with Crippen molar-refractivity contribution in [1.82, 2.24) is 0 Å². The quantitative estimate of drug-likeness (QED) is 0.0262. The van der Waals surface area contributed by atoms with Crippen LogP contribution >= 0.6 is 0 Å². The Bertz CT molecular complexity index is 1190. The minimum Gasteiger partial charge on any atom is -0.544 e. The van der Waals surface area contributed by atoms with Gasteiger partial charge in [-0.25, -0.2) is 0 Å². The number of hydrogen-bond acceptors (Lipinski definition) is 7. The zero-order valence-electron chi connectivity index (χ0n) is 38.4. The van der Waals surface area contributed by atoms with Gasteiger partial charge in [0.25, 0.3) is 0 Å². The van der Waals surface area contributed by atoms with Crippen molar-refractivity contribution in [1.29, 1.82) is 0 Å². The third-order valence-electron chi connectivity index (χ3n) is 10.1. The Kier molecular flexibility index (Phi) is 39.2. The van der Waals surface area contributed by atoms with Gasteiger partial charge >= 0.3 is 11.9 Å². The van der Waals surface area contributed by atoms with Crippen LogP contribution in [0.4, 0.5) is 0 Å². The van der Waals surface area contributed by atoms with Crippen molar-refractivity contribution in [3.8, 4) is 0 Å². The third-order valence-corrected chi connectivity index (χ3v) is 10.1. The fourth-order valence-corrected chi connectivity index (χ4v) is 6.51. The average molecular weight is 826 g/mol. The molecule has 0 aromatic carbocycles. The van der Waals surface area contributed by atoms with Gasteiger partial charge in [-0.3, -0.25) is 9.59 Å². The maximum atomic E-state index is 12.7. The highest BCUT2D eigenvalue weighted by Crippen LogP contribution is 2.14. The number of nitrogens with zero attached hydrogens (tertiary/aromatic N) is 1. The lowest BCUT2D eigenvalue weighted by Crippen LogP contribution is -2.55. The Balaban J connectivity index is 4.29. The minimum absolute atomic E-state index is 0.0278. The van der Waals surface area contributed by atoms with Gasteiger partial charge in [-0.2, -0.15) is 0 Å². The van der Waals surface area contributed by atoms with E-state index in [0.717, 1.165) is 89.9 Å². The summed E-state index contributed by atoms with van der Waals surface area (Å²) in [5.41, 5.74) is 0. The largest absolute Gasteiger partial charge is 0.544 e. The molecule has 8 heteroatoms. The van der Waals surface area contributed by atoms with E-state index in [1.54, 1.807) is 21.1 Å². The molecule has 0 heterocycles. The fraction of sp³-hybridized carbons (Fsp3) is 0.706. The predicted molar refractivity (Wildman–Crippen MR) is 245 cm³/mol. The van der Waals surface area contributed by atoms with E-state index in [-0.39, 0.29) is 42.7 Å². The molecule has 0 saturated heterocycles. The van der Waals surface area contributed by atoms with E-state index in [4.69, 9.17) is 14.2 Å². The first-order valence-corrected chi connectivity index (χ1v) is 23.5. The van der Waals surface area contributed by atoms with E-state index >= 15 is 0 Å². The number of likely N-dealkylation sites (N-methyl/N-ethyl adjacent to an activating group) is 1. The van der Waals surface area contributed by atoms with E-state index in [1.807, 2.05) is 0 Å². The molecule has 0 aromatic heterocycles. The molecule has 0 N–H and O–H groups in total. The molecule has 59 heavy (non-hydrogen) atoms. The number of hydrogen-bond donors (Lipinski definition) is 0. The molecule has 0 aliphatic rings. The lowest BCUT2D eigenvalue weighted by molar-refractivity contribution is -0.889. The number of carbonyl (C=O) groups is 3. The molecule has 0 bridgehead atoms. The van der Waals surface area contributed by atoms with Crippen molar-refractivity contribution < 1.29 is 38.2 Å². The monoisotopic (exact) mass is 826 g/mol. The van der Waals surface area contributed by atoms with Crippen molar-refractivity contribution in [2.75, 3.05) is 41.0 Å². The molecule has 0 saturated carbocycles. The molecule has 338 valence electrons. The number of unbranched alkanes of at least 4 members (excludes halogenated alkanes) is 15. The van der Waals surface area contributed by atoms with Crippen LogP contribution in [0.1, 0.15) is 181 Å². The second kappa shape index (κ2) is 41.5. The van der Waals surface area contributed by atoms with E-state index in [2.05, 4.69) is 86.8 Å².